The second kappa shape index (κ2) is 10.0. The number of amides is 2. The number of pyridine rings is 1. The van der Waals surface area contributed by atoms with Crippen molar-refractivity contribution in [2.75, 3.05) is 11.9 Å². The van der Waals surface area contributed by atoms with Crippen molar-refractivity contribution in [1.82, 2.24) is 9.88 Å². The Balaban J connectivity index is 1.65. The first-order valence-electron chi connectivity index (χ1n) is 11.4. The molecule has 0 saturated carbocycles. The lowest BCUT2D eigenvalue weighted by Crippen LogP contribution is -2.55. The third-order valence-electron chi connectivity index (χ3n) is 6.46. The fraction of sp³-hybridized carbons (Fsp3) is 0.346. The smallest absolute Gasteiger partial charge is 0.334 e. The Morgan fingerprint density at radius 1 is 1.11 bits per heavy atom. The number of benzene rings is 1. The van der Waals surface area contributed by atoms with Crippen LogP contribution in [-0.2, 0) is 11.0 Å². The summed E-state index contributed by atoms with van der Waals surface area (Å²) in [5, 5.41) is 2.51. The quantitative estimate of drug-likeness (QED) is 0.576. The van der Waals surface area contributed by atoms with E-state index in [1.807, 2.05) is 24.3 Å². The molecular formula is C26H25F4N3O2. The fourth-order valence-corrected chi connectivity index (χ4v) is 4.85. The topological polar surface area (TPSA) is 62.3 Å². The fourth-order valence-electron chi connectivity index (χ4n) is 4.85. The summed E-state index contributed by atoms with van der Waals surface area (Å²) < 4.78 is 53.9. The molecule has 1 saturated heterocycles. The number of carbonyl (C=O) groups is 2. The second-order valence-electron chi connectivity index (χ2n) is 8.78. The minimum atomic E-state index is -4.64. The van der Waals surface area contributed by atoms with E-state index in [9.17, 15) is 27.2 Å². The maximum Gasteiger partial charge on any atom is 0.433 e. The highest BCUT2D eigenvalue weighted by atomic mass is 19.4. The molecular weight excluding hydrogens is 462 g/mol. The third-order valence-corrected chi connectivity index (χ3v) is 6.46. The van der Waals surface area contributed by atoms with Gasteiger partial charge < -0.3 is 10.2 Å². The summed E-state index contributed by atoms with van der Waals surface area (Å²) in [6.45, 7) is 2.00. The number of allylic oxidation sites excluding steroid dienone is 3. The zero-order chi connectivity index (χ0) is 25.2. The van der Waals surface area contributed by atoms with E-state index in [4.69, 9.17) is 0 Å². The number of piperidine rings is 1. The van der Waals surface area contributed by atoms with Gasteiger partial charge in [-0.05, 0) is 49.9 Å². The Morgan fingerprint density at radius 3 is 2.57 bits per heavy atom. The molecule has 35 heavy (non-hydrogen) atoms. The highest BCUT2D eigenvalue weighted by molar-refractivity contribution is 5.98. The van der Waals surface area contributed by atoms with Crippen molar-refractivity contribution in [2.45, 2.75) is 38.4 Å². The molecule has 5 nitrogen and oxygen atoms in total. The number of aryl methyl sites for hydroxylation is 1. The number of alkyl halides is 3. The van der Waals surface area contributed by atoms with Crippen LogP contribution < -0.4 is 5.32 Å². The van der Waals surface area contributed by atoms with Crippen LogP contribution in [0.5, 0.6) is 0 Å². The van der Waals surface area contributed by atoms with E-state index in [2.05, 4.69) is 10.3 Å². The van der Waals surface area contributed by atoms with Gasteiger partial charge in [-0.2, -0.15) is 13.2 Å². The highest BCUT2D eigenvalue weighted by Crippen LogP contribution is 2.35. The summed E-state index contributed by atoms with van der Waals surface area (Å²) in [7, 11) is 0. The first-order valence-corrected chi connectivity index (χ1v) is 11.4. The van der Waals surface area contributed by atoms with Crippen LogP contribution >= 0.6 is 0 Å². The lowest BCUT2D eigenvalue weighted by molar-refractivity contribution is -0.141. The number of nitrogens with one attached hydrogen (secondary N) is 1. The second-order valence-corrected chi connectivity index (χ2v) is 8.78. The molecule has 1 fully saturated rings. The van der Waals surface area contributed by atoms with Gasteiger partial charge in [-0.3, -0.25) is 9.59 Å². The number of anilines is 1. The summed E-state index contributed by atoms with van der Waals surface area (Å²) in [4.78, 5) is 32.0. The summed E-state index contributed by atoms with van der Waals surface area (Å²) in [6.07, 6.45) is 4.41. The average molecular weight is 487 g/mol. The molecule has 9 heteroatoms. The van der Waals surface area contributed by atoms with Gasteiger partial charge in [0.1, 0.15) is 17.3 Å². The predicted octanol–water partition coefficient (Wildman–Crippen LogP) is 5.54. The number of rotatable bonds is 4. The zero-order valence-corrected chi connectivity index (χ0v) is 19.1. The molecule has 0 radical (unpaired) electrons. The van der Waals surface area contributed by atoms with E-state index in [0.29, 0.717) is 31.4 Å². The Morgan fingerprint density at radius 2 is 1.89 bits per heavy atom. The van der Waals surface area contributed by atoms with Gasteiger partial charge in [-0.25, -0.2) is 9.37 Å². The van der Waals surface area contributed by atoms with E-state index >= 15 is 0 Å². The summed E-state index contributed by atoms with van der Waals surface area (Å²) >= 11 is 0. The van der Waals surface area contributed by atoms with Crippen molar-refractivity contribution in [3.63, 3.8) is 0 Å². The van der Waals surface area contributed by atoms with Gasteiger partial charge in [0, 0.05) is 12.5 Å². The molecule has 0 spiro atoms. The molecule has 1 unspecified atom stereocenters. The van der Waals surface area contributed by atoms with Crippen molar-refractivity contribution in [1.29, 1.82) is 0 Å². The Bertz CT molecular complexity index is 1160. The number of likely N-dealkylation sites (tertiary alicyclic amines) is 1. The van der Waals surface area contributed by atoms with Gasteiger partial charge in [0.25, 0.3) is 5.91 Å². The van der Waals surface area contributed by atoms with Crippen LogP contribution in [0.1, 0.15) is 40.9 Å². The van der Waals surface area contributed by atoms with E-state index in [1.54, 1.807) is 17.9 Å². The van der Waals surface area contributed by atoms with Crippen molar-refractivity contribution >= 4 is 17.6 Å². The first kappa shape index (κ1) is 24.6. The summed E-state index contributed by atoms with van der Waals surface area (Å²) in [5.41, 5.74) is -0.649. The minimum Gasteiger partial charge on any atom is -0.334 e. The first-order chi connectivity index (χ1) is 16.7. The lowest BCUT2D eigenvalue weighted by Gasteiger charge is -2.44. The monoisotopic (exact) mass is 487 g/mol. The van der Waals surface area contributed by atoms with Crippen molar-refractivity contribution in [2.24, 2.45) is 11.8 Å². The van der Waals surface area contributed by atoms with Crippen molar-refractivity contribution in [3.8, 4) is 0 Å². The summed E-state index contributed by atoms with van der Waals surface area (Å²) in [6, 6.07) is 7.11. The van der Waals surface area contributed by atoms with Crippen LogP contribution in [0, 0.1) is 24.6 Å². The molecule has 2 aromatic rings. The lowest BCUT2D eigenvalue weighted by atomic mass is 9.77. The Kier molecular flexibility index (Phi) is 7.05. The van der Waals surface area contributed by atoms with Gasteiger partial charge in [0.2, 0.25) is 5.91 Å². The Hall–Kier alpha value is -3.49. The SMILES string of the molecule is Cc1cccc(F)c1C(=O)N1CCC[C@H](C(=O)Nc2cccc(C(F)(F)F)n2)[C@@H]1C1C=CC=CC1. The van der Waals surface area contributed by atoms with Crippen LogP contribution in [0.15, 0.2) is 60.7 Å². The number of aromatic nitrogens is 1. The zero-order valence-electron chi connectivity index (χ0n) is 19.1. The highest BCUT2D eigenvalue weighted by Gasteiger charge is 2.43. The molecule has 4 rings (SSSR count). The molecule has 1 N–H and O–H groups in total. The average Bonchev–Trinajstić information content (AvgIpc) is 2.83. The third kappa shape index (κ3) is 5.28. The van der Waals surface area contributed by atoms with Gasteiger partial charge in [0.15, 0.2) is 0 Å². The van der Waals surface area contributed by atoms with Crippen molar-refractivity contribution < 1.29 is 27.2 Å². The minimum absolute atomic E-state index is 0.0339. The molecule has 0 bridgehead atoms. The molecule has 3 atom stereocenters. The number of carbonyl (C=O) groups excluding carboxylic acids is 2. The van der Waals surface area contributed by atoms with Crippen LogP contribution in [0.25, 0.3) is 0 Å². The van der Waals surface area contributed by atoms with Crippen LogP contribution in [0.3, 0.4) is 0 Å². The summed E-state index contributed by atoms with van der Waals surface area (Å²) in [5.74, 6) is -2.78. The molecule has 184 valence electrons. The van der Waals surface area contributed by atoms with Gasteiger partial charge in [-0.1, -0.05) is 42.5 Å². The standard InChI is InChI=1S/C26H25F4N3O2/c1-16-8-5-12-19(27)22(16)25(35)33-15-7-11-18(23(33)17-9-3-2-4-10-17)24(34)32-21-14-6-13-20(31-21)26(28,29)30/h2-6,8-9,12-14,17-18,23H,7,10-11,15H2,1H3,(H,31,32,34)/t17?,18-,23-/m0/s1. The van der Waals surface area contributed by atoms with Gasteiger partial charge >= 0.3 is 6.18 Å². The molecule has 2 heterocycles. The number of halogens is 4. The molecule has 1 aliphatic heterocycles. The van der Waals surface area contributed by atoms with Gasteiger partial charge in [-0.15, -0.1) is 0 Å². The van der Waals surface area contributed by atoms with Crippen LogP contribution in [0.4, 0.5) is 23.4 Å². The van der Waals surface area contributed by atoms with Crippen LogP contribution in [0.2, 0.25) is 0 Å². The molecule has 1 aromatic carbocycles. The maximum atomic E-state index is 14.7. The molecule has 1 aliphatic carbocycles. The predicted molar refractivity (Wildman–Crippen MR) is 123 cm³/mol. The van der Waals surface area contributed by atoms with E-state index in [1.165, 1.54) is 24.3 Å². The normalized spacial score (nSPS) is 22.2. The van der Waals surface area contributed by atoms with E-state index < -0.39 is 41.5 Å². The van der Waals surface area contributed by atoms with E-state index in [-0.39, 0.29) is 17.3 Å². The largest absolute Gasteiger partial charge is 0.433 e. The van der Waals surface area contributed by atoms with Crippen LogP contribution in [-0.4, -0.2) is 34.3 Å². The molecule has 2 aliphatic rings. The maximum absolute atomic E-state index is 14.7. The number of hydrogen-bond donors (Lipinski definition) is 1. The Labute approximate surface area is 200 Å². The van der Waals surface area contributed by atoms with Gasteiger partial charge in [0.05, 0.1) is 17.5 Å². The molecule has 2 amide bonds. The number of nitrogens with zero attached hydrogens (tertiary/aromatic N) is 2. The molecule has 1 aromatic heterocycles. The number of hydrogen-bond acceptors (Lipinski definition) is 3. The van der Waals surface area contributed by atoms with E-state index in [0.717, 1.165) is 6.07 Å². The van der Waals surface area contributed by atoms with Crippen molar-refractivity contribution in [3.05, 3.63) is 83.3 Å².